The van der Waals surface area contributed by atoms with E-state index in [9.17, 15) is 4.79 Å². The molecule has 1 saturated heterocycles. The Hall–Kier alpha value is -1.55. The van der Waals surface area contributed by atoms with E-state index < -0.39 is 5.60 Å². The molecule has 1 saturated carbocycles. The summed E-state index contributed by atoms with van der Waals surface area (Å²) in [5, 5.41) is 3.59. The van der Waals surface area contributed by atoms with Gasteiger partial charge in [0.15, 0.2) is 0 Å². The highest BCUT2D eigenvalue weighted by atomic mass is 16.6. The van der Waals surface area contributed by atoms with Crippen molar-refractivity contribution in [2.45, 2.75) is 64.6 Å². The van der Waals surface area contributed by atoms with Gasteiger partial charge in [-0.2, -0.15) is 0 Å². The van der Waals surface area contributed by atoms with Crippen LogP contribution in [-0.4, -0.2) is 35.7 Å². The lowest BCUT2D eigenvalue weighted by Crippen LogP contribution is -2.57. The Balaban J connectivity index is 1.38. The van der Waals surface area contributed by atoms with E-state index in [1.165, 1.54) is 24.0 Å². The van der Waals surface area contributed by atoms with Crippen LogP contribution in [0.3, 0.4) is 0 Å². The number of rotatable bonds is 5. The van der Waals surface area contributed by atoms with Crippen molar-refractivity contribution in [1.82, 2.24) is 10.2 Å². The average molecular weight is 330 g/mol. The molecule has 2 fully saturated rings. The third kappa shape index (κ3) is 4.50. The van der Waals surface area contributed by atoms with Crippen molar-refractivity contribution >= 4 is 6.09 Å². The van der Waals surface area contributed by atoms with E-state index >= 15 is 0 Å². The first-order chi connectivity index (χ1) is 11.3. The molecule has 1 aliphatic heterocycles. The fourth-order valence-corrected chi connectivity index (χ4v) is 3.07. The molecule has 1 heterocycles. The number of nitrogens with zero attached hydrogens (tertiary/aromatic N) is 1. The Morgan fingerprint density at radius 3 is 2.42 bits per heavy atom. The molecule has 0 unspecified atom stereocenters. The van der Waals surface area contributed by atoms with E-state index in [-0.39, 0.29) is 6.09 Å². The minimum atomic E-state index is -0.418. The van der Waals surface area contributed by atoms with Gasteiger partial charge >= 0.3 is 6.09 Å². The second-order valence-corrected chi connectivity index (χ2v) is 8.33. The molecule has 0 spiro atoms. The molecule has 132 valence electrons. The Morgan fingerprint density at radius 2 is 1.88 bits per heavy atom. The lowest BCUT2D eigenvalue weighted by Gasteiger charge is -2.42. The third-order valence-corrected chi connectivity index (χ3v) is 4.93. The Labute approximate surface area is 145 Å². The van der Waals surface area contributed by atoms with Crippen LogP contribution in [0.5, 0.6) is 0 Å². The van der Waals surface area contributed by atoms with Gasteiger partial charge in [0.2, 0.25) is 0 Å². The first-order valence-electron chi connectivity index (χ1n) is 9.12. The smallest absolute Gasteiger partial charge is 0.410 e. The normalized spacial score (nSPS) is 19.8. The van der Waals surface area contributed by atoms with Crippen molar-refractivity contribution in [2.75, 3.05) is 13.1 Å². The fraction of sp³-hybridized carbons (Fsp3) is 0.650. The molecule has 1 amide bonds. The Morgan fingerprint density at radius 1 is 1.25 bits per heavy atom. The number of ether oxygens (including phenoxy) is 1. The summed E-state index contributed by atoms with van der Waals surface area (Å²) in [5.41, 5.74) is 2.40. The molecule has 0 bridgehead atoms. The minimum Gasteiger partial charge on any atom is -0.444 e. The average Bonchev–Trinajstić information content (AvgIpc) is 3.26. The van der Waals surface area contributed by atoms with Gasteiger partial charge in [0.1, 0.15) is 5.60 Å². The lowest BCUT2D eigenvalue weighted by molar-refractivity contribution is -0.00579. The Bertz CT molecular complexity index is 566. The predicted octanol–water partition coefficient (Wildman–Crippen LogP) is 3.91. The van der Waals surface area contributed by atoms with Gasteiger partial charge in [0.05, 0.1) is 0 Å². The molecule has 1 aromatic rings. The van der Waals surface area contributed by atoms with E-state index in [1.54, 1.807) is 4.90 Å². The highest BCUT2D eigenvalue weighted by Gasteiger charge is 2.36. The summed E-state index contributed by atoms with van der Waals surface area (Å²) in [6.07, 6.45) is 2.51. The molecule has 0 aromatic heterocycles. The van der Waals surface area contributed by atoms with Crippen LogP contribution < -0.4 is 5.32 Å². The van der Waals surface area contributed by atoms with Gasteiger partial charge in [-0.25, -0.2) is 4.79 Å². The number of hydrogen-bond donors (Lipinski definition) is 1. The van der Waals surface area contributed by atoms with Crippen molar-refractivity contribution in [3.05, 3.63) is 35.4 Å². The number of nitrogens with one attached hydrogen (secondary N) is 1. The van der Waals surface area contributed by atoms with Crippen molar-refractivity contribution in [3.63, 3.8) is 0 Å². The molecule has 4 heteroatoms. The van der Waals surface area contributed by atoms with Crippen molar-refractivity contribution in [1.29, 1.82) is 0 Å². The number of carbonyl (C=O) groups is 1. The van der Waals surface area contributed by atoms with Crippen LogP contribution in [0.1, 0.15) is 57.6 Å². The molecule has 1 aromatic carbocycles. The van der Waals surface area contributed by atoms with Crippen LogP contribution in [0.2, 0.25) is 0 Å². The maximum absolute atomic E-state index is 12.0. The highest BCUT2D eigenvalue weighted by molar-refractivity contribution is 5.69. The Kier molecular flexibility index (Phi) is 4.86. The predicted molar refractivity (Wildman–Crippen MR) is 96.0 cm³/mol. The molecule has 1 aliphatic carbocycles. The first kappa shape index (κ1) is 17.3. The zero-order chi connectivity index (χ0) is 17.3. The number of hydrogen-bond acceptors (Lipinski definition) is 3. The number of amides is 1. The molecule has 4 nitrogen and oxygen atoms in total. The van der Waals surface area contributed by atoms with Gasteiger partial charge in [-0.05, 0) is 57.6 Å². The van der Waals surface area contributed by atoms with Gasteiger partial charge < -0.3 is 15.0 Å². The maximum Gasteiger partial charge on any atom is 0.410 e. The molecule has 1 atom stereocenters. The standard InChI is InChI=1S/C20H30N2O2/c1-14(18-12-22(13-18)19(23)24-20(2,3)4)21-11-15-5-7-16(8-6-15)17-9-10-17/h5-8,14,17-18,21H,9-13H2,1-4H3/t14-/m1/s1. The van der Waals surface area contributed by atoms with Crippen LogP contribution in [-0.2, 0) is 11.3 Å². The zero-order valence-electron chi connectivity index (χ0n) is 15.3. The number of benzene rings is 1. The summed E-state index contributed by atoms with van der Waals surface area (Å²) in [4.78, 5) is 13.8. The maximum atomic E-state index is 12.0. The largest absolute Gasteiger partial charge is 0.444 e. The summed E-state index contributed by atoms with van der Waals surface area (Å²) >= 11 is 0. The van der Waals surface area contributed by atoms with E-state index in [2.05, 4.69) is 36.5 Å². The summed E-state index contributed by atoms with van der Waals surface area (Å²) in [7, 11) is 0. The number of likely N-dealkylation sites (tertiary alicyclic amines) is 1. The van der Waals surface area contributed by atoms with E-state index in [1.807, 2.05) is 20.8 Å². The van der Waals surface area contributed by atoms with Crippen LogP contribution in [0.4, 0.5) is 4.79 Å². The van der Waals surface area contributed by atoms with E-state index in [0.29, 0.717) is 12.0 Å². The molecule has 0 radical (unpaired) electrons. The molecule has 2 aliphatic rings. The summed E-state index contributed by atoms with van der Waals surface area (Å²) in [6.45, 7) is 10.4. The molecule has 1 N–H and O–H groups in total. The number of carbonyl (C=O) groups excluding carboxylic acids is 1. The summed E-state index contributed by atoms with van der Waals surface area (Å²) < 4.78 is 5.40. The molecule has 3 rings (SSSR count). The molecular weight excluding hydrogens is 300 g/mol. The second-order valence-electron chi connectivity index (χ2n) is 8.33. The third-order valence-electron chi connectivity index (χ3n) is 4.93. The zero-order valence-corrected chi connectivity index (χ0v) is 15.3. The van der Waals surface area contributed by atoms with E-state index in [0.717, 1.165) is 25.6 Å². The quantitative estimate of drug-likeness (QED) is 0.890. The highest BCUT2D eigenvalue weighted by Crippen LogP contribution is 2.39. The topological polar surface area (TPSA) is 41.6 Å². The van der Waals surface area contributed by atoms with Crippen LogP contribution in [0, 0.1) is 5.92 Å². The monoisotopic (exact) mass is 330 g/mol. The SMILES string of the molecule is C[C@@H](NCc1ccc(C2CC2)cc1)C1CN(C(=O)OC(C)(C)C)C1. The molecule has 24 heavy (non-hydrogen) atoms. The van der Waals surface area contributed by atoms with Gasteiger partial charge in [-0.15, -0.1) is 0 Å². The molecular formula is C20H30N2O2. The van der Waals surface area contributed by atoms with Crippen molar-refractivity contribution < 1.29 is 9.53 Å². The van der Waals surface area contributed by atoms with Gasteiger partial charge in [-0.1, -0.05) is 24.3 Å². The van der Waals surface area contributed by atoms with Crippen molar-refractivity contribution in [2.24, 2.45) is 5.92 Å². The van der Waals surface area contributed by atoms with Crippen LogP contribution in [0.15, 0.2) is 24.3 Å². The lowest BCUT2D eigenvalue weighted by atomic mass is 9.93. The van der Waals surface area contributed by atoms with Gasteiger partial charge in [0, 0.05) is 31.6 Å². The minimum absolute atomic E-state index is 0.193. The van der Waals surface area contributed by atoms with E-state index in [4.69, 9.17) is 4.74 Å². The van der Waals surface area contributed by atoms with Crippen LogP contribution >= 0.6 is 0 Å². The summed E-state index contributed by atoms with van der Waals surface area (Å²) in [5.74, 6) is 1.32. The van der Waals surface area contributed by atoms with Crippen LogP contribution in [0.25, 0.3) is 0 Å². The second kappa shape index (κ2) is 6.75. The van der Waals surface area contributed by atoms with Gasteiger partial charge in [0.25, 0.3) is 0 Å². The summed E-state index contributed by atoms with van der Waals surface area (Å²) in [6, 6.07) is 9.41. The van der Waals surface area contributed by atoms with Gasteiger partial charge in [-0.3, -0.25) is 0 Å². The van der Waals surface area contributed by atoms with Crippen molar-refractivity contribution in [3.8, 4) is 0 Å². The first-order valence-corrected chi connectivity index (χ1v) is 9.12. The fourth-order valence-electron chi connectivity index (χ4n) is 3.07.